The van der Waals surface area contributed by atoms with Crippen LogP contribution in [-0.4, -0.2) is 26.0 Å². The number of aryl methyl sites for hydroxylation is 1. The van der Waals surface area contributed by atoms with Crippen molar-refractivity contribution in [2.45, 2.75) is 19.3 Å². The summed E-state index contributed by atoms with van der Waals surface area (Å²) in [5, 5.41) is 5.86. The number of rotatable bonds is 7. The first-order valence-corrected chi connectivity index (χ1v) is 5.88. The summed E-state index contributed by atoms with van der Waals surface area (Å²) in [6, 6.07) is 6.26. The summed E-state index contributed by atoms with van der Waals surface area (Å²) in [4.78, 5) is 11.4. The summed E-state index contributed by atoms with van der Waals surface area (Å²) < 4.78 is 12.6. The monoisotopic (exact) mass is 238 g/mol. The molecule has 0 atom stereocenters. The van der Waals surface area contributed by atoms with E-state index in [4.69, 9.17) is 0 Å². The average Bonchev–Trinajstić information content (AvgIpc) is 2.34. The van der Waals surface area contributed by atoms with Gasteiger partial charge in [0, 0.05) is 13.0 Å². The van der Waals surface area contributed by atoms with Crippen molar-refractivity contribution in [3.05, 3.63) is 35.6 Å². The fourth-order valence-electron chi connectivity index (χ4n) is 1.49. The van der Waals surface area contributed by atoms with Crippen molar-refractivity contribution in [2.75, 3.05) is 20.1 Å². The van der Waals surface area contributed by atoms with Gasteiger partial charge >= 0.3 is 0 Å². The van der Waals surface area contributed by atoms with Crippen molar-refractivity contribution < 1.29 is 9.18 Å². The lowest BCUT2D eigenvalue weighted by atomic mass is 10.1. The minimum absolute atomic E-state index is 0.0467. The van der Waals surface area contributed by atoms with Crippen molar-refractivity contribution >= 4 is 5.91 Å². The van der Waals surface area contributed by atoms with E-state index in [1.807, 2.05) is 7.05 Å². The lowest BCUT2D eigenvalue weighted by molar-refractivity contribution is -0.121. The second-order valence-corrected chi connectivity index (χ2v) is 3.93. The summed E-state index contributed by atoms with van der Waals surface area (Å²) in [7, 11) is 1.89. The van der Waals surface area contributed by atoms with Crippen LogP contribution in [0.15, 0.2) is 24.3 Å². The van der Waals surface area contributed by atoms with E-state index in [0.29, 0.717) is 19.4 Å². The Bertz CT molecular complexity index is 338. The number of halogens is 1. The molecule has 0 spiro atoms. The highest BCUT2D eigenvalue weighted by atomic mass is 19.1. The SMILES string of the molecule is CNCCCNC(=O)CCc1ccc(F)cc1. The first kappa shape index (κ1) is 13.6. The van der Waals surface area contributed by atoms with Gasteiger partial charge in [-0.05, 0) is 44.1 Å². The molecule has 94 valence electrons. The third-order valence-electron chi connectivity index (χ3n) is 2.48. The van der Waals surface area contributed by atoms with Gasteiger partial charge in [-0.1, -0.05) is 12.1 Å². The van der Waals surface area contributed by atoms with Crippen LogP contribution in [0.5, 0.6) is 0 Å². The van der Waals surface area contributed by atoms with Crippen LogP contribution in [-0.2, 0) is 11.2 Å². The number of hydrogen-bond acceptors (Lipinski definition) is 2. The summed E-state index contributed by atoms with van der Waals surface area (Å²) in [5.74, 6) is -0.198. The van der Waals surface area contributed by atoms with E-state index >= 15 is 0 Å². The van der Waals surface area contributed by atoms with Crippen molar-refractivity contribution in [1.82, 2.24) is 10.6 Å². The van der Waals surface area contributed by atoms with Crippen LogP contribution in [0.1, 0.15) is 18.4 Å². The highest BCUT2D eigenvalue weighted by Gasteiger charge is 2.01. The van der Waals surface area contributed by atoms with Crippen LogP contribution in [0.2, 0.25) is 0 Å². The molecule has 1 amide bonds. The zero-order valence-electron chi connectivity index (χ0n) is 10.1. The number of benzene rings is 1. The Kier molecular flexibility index (Phi) is 6.25. The Morgan fingerprint density at radius 2 is 1.94 bits per heavy atom. The van der Waals surface area contributed by atoms with Gasteiger partial charge in [-0.3, -0.25) is 4.79 Å². The minimum atomic E-state index is -0.245. The largest absolute Gasteiger partial charge is 0.356 e. The third-order valence-corrected chi connectivity index (χ3v) is 2.48. The van der Waals surface area contributed by atoms with Crippen LogP contribution in [0.25, 0.3) is 0 Å². The number of amides is 1. The smallest absolute Gasteiger partial charge is 0.220 e. The maximum absolute atomic E-state index is 12.6. The molecule has 4 heteroatoms. The Morgan fingerprint density at radius 1 is 1.24 bits per heavy atom. The molecule has 0 aliphatic carbocycles. The molecule has 0 saturated heterocycles. The lowest BCUT2D eigenvalue weighted by Crippen LogP contribution is -2.26. The topological polar surface area (TPSA) is 41.1 Å². The summed E-state index contributed by atoms with van der Waals surface area (Å²) in [5.41, 5.74) is 0.983. The standard InChI is InChI=1S/C13H19FN2O/c1-15-9-2-10-16-13(17)8-5-11-3-6-12(14)7-4-11/h3-4,6-7,15H,2,5,8-10H2,1H3,(H,16,17). The Labute approximate surface area is 101 Å². The molecule has 2 N–H and O–H groups in total. The fourth-order valence-corrected chi connectivity index (χ4v) is 1.49. The molecule has 0 aliphatic rings. The number of hydrogen-bond donors (Lipinski definition) is 2. The Balaban J connectivity index is 2.17. The predicted molar refractivity (Wildman–Crippen MR) is 66.3 cm³/mol. The predicted octanol–water partition coefficient (Wildman–Crippen LogP) is 1.48. The van der Waals surface area contributed by atoms with Crippen LogP contribution < -0.4 is 10.6 Å². The van der Waals surface area contributed by atoms with Gasteiger partial charge in [0.05, 0.1) is 0 Å². The molecule has 1 aromatic rings. The van der Waals surface area contributed by atoms with Gasteiger partial charge in [0.2, 0.25) is 5.91 Å². The van der Waals surface area contributed by atoms with Gasteiger partial charge in [0.15, 0.2) is 0 Å². The minimum Gasteiger partial charge on any atom is -0.356 e. The first-order valence-electron chi connectivity index (χ1n) is 5.88. The molecule has 0 radical (unpaired) electrons. The molecular formula is C13H19FN2O. The second-order valence-electron chi connectivity index (χ2n) is 3.93. The van der Waals surface area contributed by atoms with Crippen LogP contribution in [0.4, 0.5) is 4.39 Å². The molecular weight excluding hydrogens is 219 g/mol. The molecule has 1 aromatic carbocycles. The van der Waals surface area contributed by atoms with E-state index in [9.17, 15) is 9.18 Å². The van der Waals surface area contributed by atoms with Gasteiger partial charge in [-0.15, -0.1) is 0 Å². The van der Waals surface area contributed by atoms with Gasteiger partial charge in [-0.2, -0.15) is 0 Å². The maximum Gasteiger partial charge on any atom is 0.220 e. The Hall–Kier alpha value is -1.42. The van der Waals surface area contributed by atoms with Crippen LogP contribution in [0.3, 0.4) is 0 Å². The first-order chi connectivity index (χ1) is 8.22. The van der Waals surface area contributed by atoms with Crippen molar-refractivity contribution in [1.29, 1.82) is 0 Å². The van der Waals surface area contributed by atoms with Crippen molar-refractivity contribution in [3.8, 4) is 0 Å². The number of carbonyl (C=O) groups is 1. The summed E-state index contributed by atoms with van der Waals surface area (Å²) in [6.07, 6.45) is 2.03. The molecule has 1 rings (SSSR count). The number of nitrogens with one attached hydrogen (secondary N) is 2. The third kappa shape index (κ3) is 6.02. The highest BCUT2D eigenvalue weighted by molar-refractivity contribution is 5.76. The Morgan fingerprint density at radius 3 is 2.59 bits per heavy atom. The normalized spacial score (nSPS) is 10.2. The van der Waals surface area contributed by atoms with Crippen LogP contribution in [0, 0.1) is 5.82 Å². The molecule has 0 fully saturated rings. The molecule has 0 unspecified atom stereocenters. The van der Waals surface area contributed by atoms with E-state index in [2.05, 4.69) is 10.6 Å². The van der Waals surface area contributed by atoms with E-state index in [1.165, 1.54) is 12.1 Å². The highest BCUT2D eigenvalue weighted by Crippen LogP contribution is 2.05. The van der Waals surface area contributed by atoms with Gasteiger partial charge in [0.1, 0.15) is 5.82 Å². The molecule has 17 heavy (non-hydrogen) atoms. The van der Waals surface area contributed by atoms with Gasteiger partial charge in [-0.25, -0.2) is 4.39 Å². The average molecular weight is 238 g/mol. The second kappa shape index (κ2) is 7.79. The van der Waals surface area contributed by atoms with E-state index in [1.54, 1.807) is 12.1 Å². The molecule has 0 bridgehead atoms. The van der Waals surface area contributed by atoms with Crippen LogP contribution >= 0.6 is 0 Å². The molecule has 0 aromatic heterocycles. The zero-order chi connectivity index (χ0) is 12.5. The van der Waals surface area contributed by atoms with Gasteiger partial charge < -0.3 is 10.6 Å². The quantitative estimate of drug-likeness (QED) is 0.707. The fraction of sp³-hybridized carbons (Fsp3) is 0.462. The maximum atomic E-state index is 12.6. The van der Waals surface area contributed by atoms with E-state index in [-0.39, 0.29) is 11.7 Å². The summed E-state index contributed by atoms with van der Waals surface area (Å²) in [6.45, 7) is 1.60. The molecule has 3 nitrogen and oxygen atoms in total. The van der Waals surface area contributed by atoms with Crippen molar-refractivity contribution in [2.24, 2.45) is 0 Å². The zero-order valence-corrected chi connectivity index (χ0v) is 10.1. The van der Waals surface area contributed by atoms with Gasteiger partial charge in [0.25, 0.3) is 0 Å². The molecule has 0 heterocycles. The molecule has 0 aliphatic heterocycles. The van der Waals surface area contributed by atoms with Crippen molar-refractivity contribution in [3.63, 3.8) is 0 Å². The van der Waals surface area contributed by atoms with E-state index in [0.717, 1.165) is 18.5 Å². The lowest BCUT2D eigenvalue weighted by Gasteiger charge is -2.05. The number of carbonyl (C=O) groups excluding carboxylic acids is 1. The molecule has 0 saturated carbocycles. The van der Waals surface area contributed by atoms with E-state index < -0.39 is 0 Å². The summed E-state index contributed by atoms with van der Waals surface area (Å²) >= 11 is 0.